The molecule has 0 spiro atoms. The van der Waals surface area contributed by atoms with E-state index in [4.69, 9.17) is 4.74 Å². The van der Waals surface area contributed by atoms with Gasteiger partial charge in [-0.25, -0.2) is 0 Å². The Labute approximate surface area is 133 Å². The van der Waals surface area contributed by atoms with Crippen LogP contribution in [0.5, 0.6) is 5.75 Å². The van der Waals surface area contributed by atoms with Crippen molar-refractivity contribution in [3.63, 3.8) is 0 Å². The van der Waals surface area contributed by atoms with Gasteiger partial charge in [-0.3, -0.25) is 15.2 Å². The minimum Gasteiger partial charge on any atom is -0.482 e. The van der Waals surface area contributed by atoms with Gasteiger partial charge >= 0.3 is 0 Å². The zero-order valence-corrected chi connectivity index (χ0v) is 13.2. The van der Waals surface area contributed by atoms with Crippen molar-refractivity contribution in [2.75, 3.05) is 24.2 Å². The van der Waals surface area contributed by atoms with Crippen molar-refractivity contribution in [3.8, 4) is 5.75 Å². The third-order valence-electron chi connectivity index (χ3n) is 3.34. The normalized spacial score (nSPS) is 18.9. The molecule has 2 aliphatic heterocycles. The molecule has 1 aromatic carbocycles. The van der Waals surface area contributed by atoms with Gasteiger partial charge in [-0.05, 0) is 24.6 Å². The molecule has 2 aliphatic rings. The summed E-state index contributed by atoms with van der Waals surface area (Å²) in [7, 11) is 0. The summed E-state index contributed by atoms with van der Waals surface area (Å²) in [5, 5.41) is 8.07. The molecule has 0 aromatic heterocycles. The monoisotopic (exact) mass is 318 g/mol. The maximum Gasteiger partial charge on any atom is 0.262 e. The van der Waals surface area contributed by atoms with Crippen LogP contribution in [-0.4, -0.2) is 35.7 Å². The number of rotatable bonds is 4. The van der Waals surface area contributed by atoms with Crippen LogP contribution in [0, 0.1) is 0 Å². The molecule has 1 aromatic rings. The predicted molar refractivity (Wildman–Crippen MR) is 89.9 cm³/mol. The molecule has 3 rings (SSSR count). The highest BCUT2D eigenvalue weighted by Gasteiger charge is 2.19. The Bertz CT molecular complexity index is 642. The highest BCUT2D eigenvalue weighted by molar-refractivity contribution is 8.14. The molecule has 2 heterocycles. The highest BCUT2D eigenvalue weighted by Crippen LogP contribution is 2.29. The lowest BCUT2D eigenvalue weighted by atomic mass is 10.1. The molecule has 0 radical (unpaired) electrons. The number of amidine groups is 1. The van der Waals surface area contributed by atoms with Crippen LogP contribution in [-0.2, 0) is 4.79 Å². The van der Waals surface area contributed by atoms with Crippen LogP contribution in [0.3, 0.4) is 0 Å². The van der Waals surface area contributed by atoms with E-state index in [2.05, 4.69) is 27.8 Å². The Morgan fingerprint density at radius 3 is 3.14 bits per heavy atom. The second kappa shape index (κ2) is 6.83. The quantitative estimate of drug-likeness (QED) is 0.835. The van der Waals surface area contributed by atoms with Crippen LogP contribution < -0.4 is 15.5 Å². The maximum atomic E-state index is 11.4. The average molecular weight is 318 g/mol. The number of thioether (sulfide) groups is 1. The molecule has 0 aliphatic carbocycles. The van der Waals surface area contributed by atoms with Gasteiger partial charge in [0.05, 0.1) is 11.4 Å². The molecule has 0 fully saturated rings. The molecular formula is C15H18N4O2S. The molecule has 1 amide bonds. The Kier molecular flexibility index (Phi) is 4.62. The predicted octanol–water partition coefficient (Wildman–Crippen LogP) is 2.21. The van der Waals surface area contributed by atoms with Crippen molar-refractivity contribution < 1.29 is 9.53 Å². The third kappa shape index (κ3) is 3.41. The van der Waals surface area contributed by atoms with E-state index < -0.39 is 0 Å². The molecule has 0 bridgehead atoms. The third-order valence-corrected chi connectivity index (χ3v) is 4.26. The number of aliphatic imine (C=N–C) groups is 1. The fourth-order valence-corrected chi connectivity index (χ4v) is 2.94. The van der Waals surface area contributed by atoms with Gasteiger partial charge in [0.15, 0.2) is 11.8 Å². The van der Waals surface area contributed by atoms with Gasteiger partial charge in [0.25, 0.3) is 5.91 Å². The number of hydrogen-bond acceptors (Lipinski definition) is 5. The smallest absolute Gasteiger partial charge is 0.262 e. The van der Waals surface area contributed by atoms with E-state index in [-0.39, 0.29) is 12.5 Å². The summed E-state index contributed by atoms with van der Waals surface area (Å²) in [5.41, 5.74) is 5.60. The number of unbranched alkanes of at least 4 members (excludes halogenated alkanes) is 1. The Morgan fingerprint density at radius 2 is 2.36 bits per heavy atom. The summed E-state index contributed by atoms with van der Waals surface area (Å²) in [6, 6.07) is 5.71. The summed E-state index contributed by atoms with van der Waals surface area (Å²) in [4.78, 5) is 15.8. The van der Waals surface area contributed by atoms with Crippen LogP contribution in [0.2, 0.25) is 0 Å². The molecule has 7 heteroatoms. The van der Waals surface area contributed by atoms with Gasteiger partial charge in [-0.1, -0.05) is 25.1 Å². The summed E-state index contributed by atoms with van der Waals surface area (Å²) in [6.07, 6.45) is 2.23. The van der Waals surface area contributed by atoms with Gasteiger partial charge in [0.2, 0.25) is 0 Å². The van der Waals surface area contributed by atoms with E-state index in [1.165, 1.54) is 0 Å². The number of fused-ring (bicyclic) bond motifs is 1. The minimum absolute atomic E-state index is 0.0717. The van der Waals surface area contributed by atoms with E-state index in [0.717, 1.165) is 41.6 Å². The van der Waals surface area contributed by atoms with Gasteiger partial charge in [-0.15, -0.1) is 0 Å². The second-order valence-electron chi connectivity index (χ2n) is 5.05. The summed E-state index contributed by atoms with van der Waals surface area (Å²) in [6.45, 7) is 3.05. The van der Waals surface area contributed by atoms with Crippen molar-refractivity contribution in [1.82, 2.24) is 5.43 Å². The molecule has 0 saturated carbocycles. The molecule has 22 heavy (non-hydrogen) atoms. The zero-order valence-electron chi connectivity index (χ0n) is 12.4. The summed E-state index contributed by atoms with van der Waals surface area (Å²) >= 11 is 1.64. The molecule has 0 atom stereocenters. The van der Waals surface area contributed by atoms with Crippen LogP contribution in [0.15, 0.2) is 28.3 Å². The van der Waals surface area contributed by atoms with Crippen molar-refractivity contribution in [2.24, 2.45) is 10.1 Å². The lowest BCUT2D eigenvalue weighted by Crippen LogP contribution is -2.27. The largest absolute Gasteiger partial charge is 0.482 e. The van der Waals surface area contributed by atoms with Crippen molar-refractivity contribution in [3.05, 3.63) is 23.8 Å². The van der Waals surface area contributed by atoms with Crippen molar-refractivity contribution >= 4 is 34.2 Å². The summed E-state index contributed by atoms with van der Waals surface area (Å²) in [5.74, 6) is 1.32. The number of carbonyl (C=O) groups excluding carboxylic acids is 1. The van der Waals surface area contributed by atoms with Crippen molar-refractivity contribution in [1.29, 1.82) is 0 Å². The average Bonchev–Trinajstić information content (AvgIpc) is 2.55. The second-order valence-corrected chi connectivity index (χ2v) is 6.01. The zero-order chi connectivity index (χ0) is 15.4. The fourth-order valence-electron chi connectivity index (χ4n) is 2.15. The SMILES string of the molecule is CCCCN=C1NN=C(c2ccc3c(c2)NC(=O)CO3)CS1. The van der Waals surface area contributed by atoms with Crippen molar-refractivity contribution in [2.45, 2.75) is 19.8 Å². The number of amides is 1. The Hall–Kier alpha value is -2.02. The van der Waals surface area contributed by atoms with Gasteiger partial charge in [0, 0.05) is 17.9 Å². The standard InChI is InChI=1S/C15H18N4O2S/c1-2-3-6-16-15-19-18-12(9-22-15)10-4-5-13-11(7-10)17-14(20)8-21-13/h4-5,7H,2-3,6,8-9H2,1H3,(H,16,19)(H,17,20). The molecule has 6 nitrogen and oxygen atoms in total. The lowest BCUT2D eigenvalue weighted by molar-refractivity contribution is -0.118. The summed E-state index contributed by atoms with van der Waals surface area (Å²) < 4.78 is 5.36. The first kappa shape index (κ1) is 14.9. The molecule has 116 valence electrons. The van der Waals surface area contributed by atoms with Crippen LogP contribution >= 0.6 is 11.8 Å². The number of nitrogens with zero attached hydrogens (tertiary/aromatic N) is 2. The number of hydrazone groups is 1. The van der Waals surface area contributed by atoms with E-state index in [9.17, 15) is 4.79 Å². The number of nitrogens with one attached hydrogen (secondary N) is 2. The molecule has 0 saturated heterocycles. The first-order valence-corrected chi connectivity index (χ1v) is 8.31. The molecule has 0 unspecified atom stereocenters. The minimum atomic E-state index is -0.131. The van der Waals surface area contributed by atoms with Gasteiger partial charge in [-0.2, -0.15) is 5.10 Å². The Balaban J connectivity index is 1.71. The lowest BCUT2D eigenvalue weighted by Gasteiger charge is -2.20. The van der Waals surface area contributed by atoms with E-state index >= 15 is 0 Å². The van der Waals surface area contributed by atoms with Crippen LogP contribution in [0.1, 0.15) is 25.3 Å². The number of carbonyl (C=O) groups is 1. The van der Waals surface area contributed by atoms with Crippen LogP contribution in [0.4, 0.5) is 5.69 Å². The highest BCUT2D eigenvalue weighted by atomic mass is 32.2. The van der Waals surface area contributed by atoms with E-state index in [1.54, 1.807) is 11.8 Å². The topological polar surface area (TPSA) is 75.1 Å². The number of anilines is 1. The van der Waals surface area contributed by atoms with E-state index in [1.807, 2.05) is 18.2 Å². The number of hydrogen-bond donors (Lipinski definition) is 2. The first-order chi connectivity index (χ1) is 10.8. The Morgan fingerprint density at radius 1 is 1.45 bits per heavy atom. The van der Waals surface area contributed by atoms with Crippen LogP contribution in [0.25, 0.3) is 0 Å². The number of benzene rings is 1. The van der Waals surface area contributed by atoms with Gasteiger partial charge < -0.3 is 10.1 Å². The first-order valence-electron chi connectivity index (χ1n) is 7.33. The fraction of sp³-hybridized carbons (Fsp3) is 0.400. The van der Waals surface area contributed by atoms with E-state index in [0.29, 0.717) is 11.4 Å². The maximum absolute atomic E-state index is 11.4. The molecule has 2 N–H and O–H groups in total. The van der Waals surface area contributed by atoms with Gasteiger partial charge in [0.1, 0.15) is 5.75 Å². The molecular weight excluding hydrogens is 300 g/mol. The number of ether oxygens (including phenoxy) is 1.